The van der Waals surface area contributed by atoms with E-state index in [1.807, 2.05) is 0 Å². The number of hydrogen-bond donors (Lipinski definition) is 0. The molecule has 0 atom stereocenters. The van der Waals surface area contributed by atoms with Crippen LogP contribution in [0.15, 0.2) is 35.5 Å². The summed E-state index contributed by atoms with van der Waals surface area (Å²) in [5.41, 5.74) is 3.32. The lowest BCUT2D eigenvalue weighted by Gasteiger charge is -2.23. The molecule has 3 aliphatic rings. The van der Waals surface area contributed by atoms with Gasteiger partial charge in [0.05, 0.1) is 0 Å². The molecule has 23 heavy (non-hydrogen) atoms. The zero-order chi connectivity index (χ0) is 16.3. The molecule has 0 unspecified atom stereocenters. The fraction of sp³-hybridized carbons (Fsp3) is 0.739. The maximum absolute atomic E-state index is 2.55. The van der Waals surface area contributed by atoms with Crippen LogP contribution in [0.5, 0.6) is 0 Å². The molecule has 0 N–H and O–H groups in total. The molecule has 0 heterocycles. The van der Waals surface area contributed by atoms with Crippen molar-refractivity contribution in [2.75, 3.05) is 0 Å². The molecule has 0 aliphatic heterocycles. The smallest absolute Gasteiger partial charge is 0.0130 e. The molecule has 0 amide bonds. The van der Waals surface area contributed by atoms with Gasteiger partial charge in [0.15, 0.2) is 0 Å². The highest BCUT2D eigenvalue weighted by Gasteiger charge is 2.18. The molecule has 0 bridgehead atoms. The topological polar surface area (TPSA) is 0 Å². The standard InChI is InChI=1S/C20H30.C3H8/c1-3-8-17(9-4-1)16-18-10-7-13-20(15-14-18)19-11-5-2-6-12-19;1-3-2/h7,10,13,15,17,19H,1-6,8-9,11-12,14,16H2;3H2,1-2H3. The second kappa shape index (κ2) is 10.9. The molecule has 0 aromatic heterocycles. The second-order valence-corrected chi connectivity index (χ2v) is 7.84. The number of allylic oxidation sites excluding steroid dienone is 6. The summed E-state index contributed by atoms with van der Waals surface area (Å²) in [6, 6.07) is 0. The van der Waals surface area contributed by atoms with E-state index in [4.69, 9.17) is 0 Å². The zero-order valence-corrected chi connectivity index (χ0v) is 15.7. The zero-order valence-electron chi connectivity index (χ0n) is 15.7. The van der Waals surface area contributed by atoms with E-state index in [-0.39, 0.29) is 0 Å². The fourth-order valence-electron chi connectivity index (χ4n) is 4.33. The second-order valence-electron chi connectivity index (χ2n) is 7.84. The van der Waals surface area contributed by atoms with Crippen molar-refractivity contribution in [3.8, 4) is 0 Å². The van der Waals surface area contributed by atoms with Gasteiger partial charge in [0.25, 0.3) is 0 Å². The van der Waals surface area contributed by atoms with Crippen LogP contribution in [-0.2, 0) is 0 Å². The molecule has 0 heteroatoms. The van der Waals surface area contributed by atoms with E-state index >= 15 is 0 Å². The first kappa shape index (κ1) is 18.6. The van der Waals surface area contributed by atoms with Crippen LogP contribution in [0.25, 0.3) is 0 Å². The van der Waals surface area contributed by atoms with Crippen molar-refractivity contribution >= 4 is 0 Å². The first-order valence-electron chi connectivity index (χ1n) is 10.4. The lowest BCUT2D eigenvalue weighted by molar-refractivity contribution is 0.354. The van der Waals surface area contributed by atoms with Crippen LogP contribution >= 0.6 is 0 Å². The Bertz CT molecular complexity index is 398. The van der Waals surface area contributed by atoms with Gasteiger partial charge < -0.3 is 0 Å². The average Bonchev–Trinajstić information content (AvgIpc) is 2.83. The molecule has 0 aromatic rings. The van der Waals surface area contributed by atoms with Gasteiger partial charge in [0, 0.05) is 0 Å². The van der Waals surface area contributed by atoms with Crippen LogP contribution in [0.2, 0.25) is 0 Å². The van der Waals surface area contributed by atoms with E-state index in [1.54, 1.807) is 11.1 Å². The Kier molecular flexibility index (Phi) is 8.79. The van der Waals surface area contributed by atoms with E-state index in [0.29, 0.717) is 0 Å². The summed E-state index contributed by atoms with van der Waals surface area (Å²) in [6.07, 6.45) is 28.1. The molecule has 0 nitrogen and oxygen atoms in total. The Balaban J connectivity index is 0.000000595. The summed E-state index contributed by atoms with van der Waals surface area (Å²) in [5, 5.41) is 0. The SMILES string of the molecule is C1=CC(C2CCCCC2)=CCC(CC2CCCCC2)=C1.CCC. The molecule has 0 aromatic carbocycles. The van der Waals surface area contributed by atoms with Crippen LogP contribution in [0.3, 0.4) is 0 Å². The normalized spacial score (nSPS) is 23.4. The molecular formula is C23H38. The summed E-state index contributed by atoms with van der Waals surface area (Å²) in [7, 11) is 0. The van der Waals surface area contributed by atoms with Gasteiger partial charge >= 0.3 is 0 Å². The predicted molar refractivity (Wildman–Crippen MR) is 104 cm³/mol. The molecular weight excluding hydrogens is 276 g/mol. The van der Waals surface area contributed by atoms with E-state index in [0.717, 1.165) is 11.8 Å². The van der Waals surface area contributed by atoms with Gasteiger partial charge in [-0.2, -0.15) is 0 Å². The van der Waals surface area contributed by atoms with Crippen LogP contribution in [-0.4, -0.2) is 0 Å². The van der Waals surface area contributed by atoms with Crippen LogP contribution in [0, 0.1) is 11.8 Å². The van der Waals surface area contributed by atoms with E-state index < -0.39 is 0 Å². The lowest BCUT2D eigenvalue weighted by atomic mass is 9.82. The monoisotopic (exact) mass is 314 g/mol. The van der Waals surface area contributed by atoms with Gasteiger partial charge in [-0.3, -0.25) is 0 Å². The highest BCUT2D eigenvalue weighted by Crippen LogP contribution is 2.34. The largest absolute Gasteiger partial charge is 0.0770 e. The van der Waals surface area contributed by atoms with Crippen LogP contribution in [0.4, 0.5) is 0 Å². The predicted octanol–water partition coefficient (Wildman–Crippen LogP) is 7.77. The van der Waals surface area contributed by atoms with Crippen molar-refractivity contribution in [2.45, 2.75) is 97.3 Å². The van der Waals surface area contributed by atoms with Gasteiger partial charge in [0.2, 0.25) is 0 Å². The van der Waals surface area contributed by atoms with Crippen molar-refractivity contribution in [1.82, 2.24) is 0 Å². The lowest BCUT2D eigenvalue weighted by Crippen LogP contribution is -2.08. The first-order chi connectivity index (χ1) is 11.3. The average molecular weight is 315 g/mol. The Morgan fingerprint density at radius 1 is 0.870 bits per heavy atom. The van der Waals surface area contributed by atoms with Gasteiger partial charge in [-0.15, -0.1) is 0 Å². The Labute approximate surface area is 145 Å². The van der Waals surface area contributed by atoms with E-state index in [1.165, 1.54) is 83.5 Å². The maximum Gasteiger partial charge on any atom is -0.0130 e. The minimum atomic E-state index is 0.863. The molecule has 130 valence electrons. The van der Waals surface area contributed by atoms with Crippen molar-refractivity contribution in [1.29, 1.82) is 0 Å². The highest BCUT2D eigenvalue weighted by molar-refractivity contribution is 5.32. The Hall–Kier alpha value is -0.780. The van der Waals surface area contributed by atoms with E-state index in [2.05, 4.69) is 38.2 Å². The van der Waals surface area contributed by atoms with Gasteiger partial charge in [0.1, 0.15) is 0 Å². The van der Waals surface area contributed by atoms with Gasteiger partial charge in [-0.1, -0.05) is 102 Å². The Morgan fingerprint density at radius 2 is 1.48 bits per heavy atom. The molecule has 3 aliphatic carbocycles. The maximum atomic E-state index is 2.55. The molecule has 0 saturated heterocycles. The summed E-state index contributed by atoms with van der Waals surface area (Å²) < 4.78 is 0. The van der Waals surface area contributed by atoms with Crippen molar-refractivity contribution in [3.63, 3.8) is 0 Å². The molecule has 2 saturated carbocycles. The van der Waals surface area contributed by atoms with Crippen LogP contribution in [0.1, 0.15) is 97.3 Å². The van der Waals surface area contributed by atoms with Gasteiger partial charge in [-0.25, -0.2) is 0 Å². The van der Waals surface area contributed by atoms with Crippen molar-refractivity contribution in [2.24, 2.45) is 11.8 Å². The summed E-state index contributed by atoms with van der Waals surface area (Å²) in [5.74, 6) is 1.84. The fourth-order valence-corrected chi connectivity index (χ4v) is 4.33. The summed E-state index contributed by atoms with van der Waals surface area (Å²) in [4.78, 5) is 0. The minimum absolute atomic E-state index is 0.863. The number of hydrogen-bond acceptors (Lipinski definition) is 0. The molecule has 0 radical (unpaired) electrons. The van der Waals surface area contributed by atoms with Crippen LogP contribution < -0.4 is 0 Å². The third-order valence-corrected chi connectivity index (χ3v) is 5.57. The third kappa shape index (κ3) is 6.69. The third-order valence-electron chi connectivity index (χ3n) is 5.57. The van der Waals surface area contributed by atoms with E-state index in [9.17, 15) is 0 Å². The minimum Gasteiger partial charge on any atom is -0.0770 e. The Morgan fingerprint density at radius 3 is 2.13 bits per heavy atom. The number of rotatable bonds is 3. The van der Waals surface area contributed by atoms with Gasteiger partial charge in [-0.05, 0) is 43.1 Å². The van der Waals surface area contributed by atoms with Crippen molar-refractivity contribution < 1.29 is 0 Å². The molecule has 3 rings (SSSR count). The molecule has 0 spiro atoms. The summed E-state index contributed by atoms with van der Waals surface area (Å²) >= 11 is 0. The highest BCUT2D eigenvalue weighted by atomic mass is 14.2. The first-order valence-corrected chi connectivity index (χ1v) is 10.4. The quantitative estimate of drug-likeness (QED) is 0.499. The summed E-state index contributed by atoms with van der Waals surface area (Å²) in [6.45, 7) is 4.25. The molecule has 2 fully saturated rings. The van der Waals surface area contributed by atoms with Crippen molar-refractivity contribution in [3.05, 3.63) is 35.5 Å².